The van der Waals surface area contributed by atoms with Gasteiger partial charge in [0, 0.05) is 17.5 Å². The zero-order valence-electron chi connectivity index (χ0n) is 10.2. The van der Waals surface area contributed by atoms with Crippen LogP contribution in [-0.2, 0) is 10.5 Å². The molecule has 0 unspecified atom stereocenters. The molecule has 0 atom stereocenters. The molecule has 4 N–H and O–H groups in total. The molecule has 0 saturated heterocycles. The average Bonchev–Trinajstić information content (AvgIpc) is 2.85. The van der Waals surface area contributed by atoms with Crippen molar-refractivity contribution >= 4 is 39.8 Å². The highest BCUT2D eigenvalue weighted by Crippen LogP contribution is 2.26. The zero-order valence-corrected chi connectivity index (χ0v) is 11.8. The van der Waals surface area contributed by atoms with E-state index in [-0.39, 0.29) is 5.91 Å². The van der Waals surface area contributed by atoms with E-state index in [0.29, 0.717) is 5.13 Å². The fourth-order valence-corrected chi connectivity index (χ4v) is 2.89. The van der Waals surface area contributed by atoms with E-state index in [9.17, 15) is 4.79 Å². The molecule has 1 heterocycles. The van der Waals surface area contributed by atoms with E-state index in [1.807, 2.05) is 24.3 Å². The molecule has 2 aromatic rings. The molecule has 1 aromatic carbocycles. The van der Waals surface area contributed by atoms with Gasteiger partial charge in [-0.3, -0.25) is 10.2 Å². The van der Waals surface area contributed by atoms with Crippen molar-refractivity contribution in [2.75, 3.05) is 10.7 Å². The number of aromatic nitrogens is 2. The molecule has 100 valence electrons. The molecule has 2 rings (SSSR count). The van der Waals surface area contributed by atoms with Crippen LogP contribution in [0.2, 0.25) is 0 Å². The van der Waals surface area contributed by atoms with Crippen LogP contribution < -0.4 is 16.6 Å². The van der Waals surface area contributed by atoms with Crippen LogP contribution in [0.3, 0.4) is 0 Å². The van der Waals surface area contributed by atoms with E-state index in [0.717, 1.165) is 21.3 Å². The molecule has 0 radical (unpaired) electrons. The Morgan fingerprint density at radius 1 is 1.37 bits per heavy atom. The Bertz CT molecular complexity index is 554. The van der Waals surface area contributed by atoms with Gasteiger partial charge in [0.2, 0.25) is 11.0 Å². The number of nitrogens with two attached hydrogens (primary N) is 1. The van der Waals surface area contributed by atoms with Gasteiger partial charge in [-0.25, -0.2) is 5.84 Å². The van der Waals surface area contributed by atoms with E-state index in [2.05, 4.69) is 20.9 Å². The van der Waals surface area contributed by atoms with Crippen LogP contribution in [0.5, 0.6) is 0 Å². The maximum Gasteiger partial charge on any atom is 0.221 e. The van der Waals surface area contributed by atoms with Gasteiger partial charge in [-0.1, -0.05) is 11.3 Å². The SMILES string of the molecule is CC(=O)Nc1ccc(SCc2nnc(NN)s2)cc1. The molecule has 0 aliphatic carbocycles. The molecule has 19 heavy (non-hydrogen) atoms. The maximum atomic E-state index is 10.9. The van der Waals surface area contributed by atoms with Crippen molar-refractivity contribution in [3.63, 3.8) is 0 Å². The summed E-state index contributed by atoms with van der Waals surface area (Å²) in [5, 5.41) is 12.1. The number of carbonyl (C=O) groups excluding carboxylic acids is 1. The lowest BCUT2D eigenvalue weighted by Crippen LogP contribution is -2.05. The number of benzene rings is 1. The lowest BCUT2D eigenvalue weighted by molar-refractivity contribution is -0.114. The summed E-state index contributed by atoms with van der Waals surface area (Å²) in [5.41, 5.74) is 3.26. The van der Waals surface area contributed by atoms with Crippen LogP contribution in [0.15, 0.2) is 29.2 Å². The number of nitrogens with one attached hydrogen (secondary N) is 2. The summed E-state index contributed by atoms with van der Waals surface area (Å²) >= 11 is 3.08. The molecular weight excluding hydrogens is 282 g/mol. The minimum atomic E-state index is -0.0731. The molecule has 0 aliphatic heterocycles. The number of thioether (sulfide) groups is 1. The summed E-state index contributed by atoms with van der Waals surface area (Å²) in [6, 6.07) is 7.66. The summed E-state index contributed by atoms with van der Waals surface area (Å²) in [5.74, 6) is 5.91. The van der Waals surface area contributed by atoms with Crippen LogP contribution in [0, 0.1) is 0 Å². The Hall–Kier alpha value is -1.64. The molecule has 0 aliphatic rings. The van der Waals surface area contributed by atoms with E-state index in [4.69, 9.17) is 5.84 Å². The summed E-state index contributed by atoms with van der Waals surface area (Å²) in [6.45, 7) is 1.49. The van der Waals surface area contributed by atoms with Gasteiger partial charge in [-0.2, -0.15) is 0 Å². The topological polar surface area (TPSA) is 92.9 Å². The Morgan fingerprint density at radius 3 is 2.68 bits per heavy atom. The number of amides is 1. The van der Waals surface area contributed by atoms with Crippen LogP contribution in [0.4, 0.5) is 10.8 Å². The van der Waals surface area contributed by atoms with Gasteiger partial charge in [0.25, 0.3) is 0 Å². The predicted octanol–water partition coefficient (Wildman–Crippen LogP) is 2.07. The highest BCUT2D eigenvalue weighted by atomic mass is 32.2. The van der Waals surface area contributed by atoms with Crippen molar-refractivity contribution in [1.29, 1.82) is 0 Å². The van der Waals surface area contributed by atoms with Gasteiger partial charge in [0.1, 0.15) is 5.01 Å². The third kappa shape index (κ3) is 4.19. The van der Waals surface area contributed by atoms with Crippen molar-refractivity contribution in [3.8, 4) is 0 Å². The number of hydrogen-bond donors (Lipinski definition) is 3. The number of hydrogen-bond acceptors (Lipinski definition) is 7. The molecule has 6 nitrogen and oxygen atoms in total. The van der Waals surface area contributed by atoms with Crippen LogP contribution in [0.25, 0.3) is 0 Å². The second-order valence-corrected chi connectivity index (χ2v) is 5.75. The summed E-state index contributed by atoms with van der Waals surface area (Å²) in [7, 11) is 0. The summed E-state index contributed by atoms with van der Waals surface area (Å²) < 4.78 is 0. The smallest absolute Gasteiger partial charge is 0.221 e. The first-order valence-electron chi connectivity index (χ1n) is 5.47. The third-order valence-electron chi connectivity index (χ3n) is 2.13. The number of nitrogen functional groups attached to an aromatic ring is 1. The van der Waals surface area contributed by atoms with Gasteiger partial charge >= 0.3 is 0 Å². The standard InChI is InChI=1S/C11H13N5OS2/c1-7(17)13-8-2-4-9(5-3-8)18-6-10-15-16-11(14-12)19-10/h2-5H,6,12H2,1H3,(H,13,17)(H,14,16). The Balaban J connectivity index is 1.90. The van der Waals surface area contributed by atoms with Gasteiger partial charge in [-0.05, 0) is 24.3 Å². The zero-order chi connectivity index (χ0) is 13.7. The molecule has 8 heteroatoms. The molecule has 0 fully saturated rings. The van der Waals surface area contributed by atoms with Crippen LogP contribution in [-0.4, -0.2) is 16.1 Å². The lowest BCUT2D eigenvalue weighted by Gasteiger charge is -2.03. The number of nitrogens with zero attached hydrogens (tertiary/aromatic N) is 2. The van der Waals surface area contributed by atoms with Gasteiger partial charge in [0.15, 0.2) is 0 Å². The minimum Gasteiger partial charge on any atom is -0.326 e. The first-order valence-corrected chi connectivity index (χ1v) is 7.27. The maximum absolute atomic E-state index is 10.9. The fraction of sp³-hybridized carbons (Fsp3) is 0.182. The van der Waals surface area contributed by atoms with E-state index in [1.54, 1.807) is 11.8 Å². The van der Waals surface area contributed by atoms with Gasteiger partial charge in [-0.15, -0.1) is 22.0 Å². The molecule has 0 bridgehead atoms. The van der Waals surface area contributed by atoms with E-state index >= 15 is 0 Å². The number of carbonyl (C=O) groups is 1. The number of hydrazine groups is 1. The van der Waals surface area contributed by atoms with Crippen molar-refractivity contribution in [2.45, 2.75) is 17.6 Å². The second kappa shape index (κ2) is 6.50. The van der Waals surface area contributed by atoms with Crippen LogP contribution in [0.1, 0.15) is 11.9 Å². The summed E-state index contributed by atoms with van der Waals surface area (Å²) in [4.78, 5) is 12.0. The van der Waals surface area contributed by atoms with Crippen LogP contribution >= 0.6 is 23.1 Å². The molecular formula is C11H13N5OS2. The summed E-state index contributed by atoms with van der Waals surface area (Å²) in [6.07, 6.45) is 0. The Morgan fingerprint density at radius 2 is 2.11 bits per heavy atom. The molecule has 1 aromatic heterocycles. The fourth-order valence-electron chi connectivity index (χ4n) is 1.35. The quantitative estimate of drug-likeness (QED) is 0.444. The van der Waals surface area contributed by atoms with Crippen molar-refractivity contribution in [2.24, 2.45) is 5.84 Å². The highest BCUT2D eigenvalue weighted by molar-refractivity contribution is 7.98. The third-order valence-corrected chi connectivity index (χ3v) is 4.19. The molecule has 0 saturated carbocycles. The van der Waals surface area contributed by atoms with E-state index in [1.165, 1.54) is 18.3 Å². The normalized spacial score (nSPS) is 10.2. The molecule has 0 spiro atoms. The Kier molecular flexibility index (Phi) is 4.72. The van der Waals surface area contributed by atoms with Gasteiger partial charge in [0.05, 0.1) is 5.75 Å². The highest BCUT2D eigenvalue weighted by Gasteiger charge is 2.04. The molecule has 1 amide bonds. The minimum absolute atomic E-state index is 0.0731. The van der Waals surface area contributed by atoms with Crippen molar-refractivity contribution in [1.82, 2.24) is 10.2 Å². The Labute approximate surface area is 118 Å². The lowest BCUT2D eigenvalue weighted by atomic mass is 10.3. The predicted molar refractivity (Wildman–Crippen MR) is 78.0 cm³/mol. The van der Waals surface area contributed by atoms with Gasteiger partial charge < -0.3 is 5.32 Å². The first kappa shape index (κ1) is 13.8. The number of anilines is 2. The van der Waals surface area contributed by atoms with E-state index < -0.39 is 0 Å². The first-order chi connectivity index (χ1) is 9.17. The average molecular weight is 295 g/mol. The number of rotatable bonds is 5. The van der Waals surface area contributed by atoms with Crippen molar-refractivity contribution < 1.29 is 4.79 Å². The second-order valence-electron chi connectivity index (χ2n) is 3.64. The monoisotopic (exact) mass is 295 g/mol. The largest absolute Gasteiger partial charge is 0.326 e. The van der Waals surface area contributed by atoms with Crippen molar-refractivity contribution in [3.05, 3.63) is 29.3 Å².